The van der Waals surface area contributed by atoms with Crippen LogP contribution in [-0.2, 0) is 4.74 Å². The van der Waals surface area contributed by atoms with Gasteiger partial charge in [0.2, 0.25) is 0 Å². The lowest BCUT2D eigenvalue weighted by Gasteiger charge is -2.11. The number of ether oxygens (including phenoxy) is 1. The van der Waals surface area contributed by atoms with E-state index in [1.807, 2.05) is 19.9 Å². The predicted octanol–water partition coefficient (Wildman–Crippen LogP) is 1.81. The number of nitrogens with one attached hydrogen (secondary N) is 1. The van der Waals surface area contributed by atoms with E-state index in [2.05, 4.69) is 22.2 Å². The summed E-state index contributed by atoms with van der Waals surface area (Å²) in [5, 5.41) is 4.25. The fourth-order valence-corrected chi connectivity index (χ4v) is 2.33. The van der Waals surface area contributed by atoms with Gasteiger partial charge in [-0.25, -0.2) is 9.97 Å². The van der Waals surface area contributed by atoms with Crippen molar-refractivity contribution < 1.29 is 4.74 Å². The Morgan fingerprint density at radius 2 is 2.00 bits per heavy atom. The van der Waals surface area contributed by atoms with Gasteiger partial charge in [0, 0.05) is 36.8 Å². The van der Waals surface area contributed by atoms with Crippen LogP contribution in [0, 0.1) is 13.8 Å². The Morgan fingerprint density at radius 3 is 2.59 bits per heavy atom. The lowest BCUT2D eigenvalue weighted by atomic mass is 10.4. The maximum absolute atomic E-state index is 5.06. The number of hydrogen-bond acceptors (Lipinski definition) is 5. The minimum Gasteiger partial charge on any atom is -0.383 e. The Bertz CT molecular complexity index is 326. The van der Waals surface area contributed by atoms with E-state index in [-0.39, 0.29) is 0 Å². The maximum atomic E-state index is 5.06. The largest absolute Gasteiger partial charge is 0.383 e. The van der Waals surface area contributed by atoms with E-state index in [0.717, 1.165) is 35.4 Å². The minimum absolute atomic E-state index is 0.390. The fraction of sp³-hybridized carbons (Fsp3) is 0.667. The van der Waals surface area contributed by atoms with Gasteiger partial charge in [-0.15, -0.1) is 0 Å². The highest BCUT2D eigenvalue weighted by molar-refractivity contribution is 7.99. The molecule has 0 aliphatic rings. The smallest absolute Gasteiger partial charge is 0.188 e. The summed E-state index contributed by atoms with van der Waals surface area (Å²) in [6, 6.07) is 2.38. The predicted molar refractivity (Wildman–Crippen MR) is 71.6 cm³/mol. The number of hydrogen-bond donors (Lipinski definition) is 1. The Balaban J connectivity index is 2.26. The number of rotatable bonds is 7. The van der Waals surface area contributed by atoms with Gasteiger partial charge in [0.1, 0.15) is 0 Å². The van der Waals surface area contributed by atoms with E-state index in [1.165, 1.54) is 0 Å². The average Bonchev–Trinajstić information content (AvgIpc) is 2.23. The van der Waals surface area contributed by atoms with Crippen LogP contribution in [0.25, 0.3) is 0 Å². The summed E-state index contributed by atoms with van der Waals surface area (Å²) in [5.41, 5.74) is 2.06. The van der Waals surface area contributed by atoms with Crippen LogP contribution in [0.5, 0.6) is 0 Å². The molecule has 0 saturated heterocycles. The van der Waals surface area contributed by atoms with E-state index >= 15 is 0 Å². The second-order valence-electron chi connectivity index (χ2n) is 4.09. The summed E-state index contributed by atoms with van der Waals surface area (Å²) in [6.45, 7) is 7.78. The Morgan fingerprint density at radius 1 is 1.35 bits per heavy atom. The summed E-state index contributed by atoms with van der Waals surface area (Å²) in [4.78, 5) is 8.77. The topological polar surface area (TPSA) is 47.0 Å². The third-order valence-corrected chi connectivity index (χ3v) is 3.05. The molecule has 0 aliphatic carbocycles. The van der Waals surface area contributed by atoms with Gasteiger partial charge < -0.3 is 10.1 Å². The highest BCUT2D eigenvalue weighted by Gasteiger charge is 2.02. The van der Waals surface area contributed by atoms with Crippen LogP contribution >= 0.6 is 11.8 Å². The van der Waals surface area contributed by atoms with Crippen LogP contribution in [0.1, 0.15) is 18.3 Å². The summed E-state index contributed by atoms with van der Waals surface area (Å²) >= 11 is 1.68. The summed E-state index contributed by atoms with van der Waals surface area (Å²) < 4.78 is 5.06. The lowest BCUT2D eigenvalue weighted by molar-refractivity contribution is 0.173. The molecule has 1 N–H and O–H groups in total. The molecule has 5 heteroatoms. The second kappa shape index (κ2) is 7.63. The van der Waals surface area contributed by atoms with Crippen LogP contribution in [0.4, 0.5) is 0 Å². The zero-order chi connectivity index (χ0) is 12.7. The summed E-state index contributed by atoms with van der Waals surface area (Å²) in [6.07, 6.45) is 0. The molecule has 0 saturated carbocycles. The molecule has 4 nitrogen and oxygen atoms in total. The van der Waals surface area contributed by atoms with Crippen molar-refractivity contribution in [3.63, 3.8) is 0 Å². The molecule has 1 rings (SSSR count). The molecular weight excluding hydrogens is 234 g/mol. The van der Waals surface area contributed by atoms with Gasteiger partial charge in [-0.1, -0.05) is 11.8 Å². The molecule has 0 fully saturated rings. The molecule has 0 radical (unpaired) electrons. The lowest BCUT2D eigenvalue weighted by Crippen LogP contribution is -2.31. The van der Waals surface area contributed by atoms with Gasteiger partial charge in [-0.3, -0.25) is 0 Å². The Kier molecular flexibility index (Phi) is 6.47. The van der Waals surface area contributed by atoms with Crippen LogP contribution in [0.15, 0.2) is 11.2 Å². The van der Waals surface area contributed by atoms with Gasteiger partial charge in [0.05, 0.1) is 6.61 Å². The third kappa shape index (κ3) is 6.00. The van der Waals surface area contributed by atoms with Crippen LogP contribution in [-0.4, -0.2) is 42.0 Å². The zero-order valence-corrected chi connectivity index (χ0v) is 11.8. The molecule has 0 bridgehead atoms. The third-order valence-electron chi connectivity index (χ3n) is 2.20. The second-order valence-corrected chi connectivity index (χ2v) is 5.15. The quantitative estimate of drug-likeness (QED) is 0.457. The molecule has 0 spiro atoms. The van der Waals surface area contributed by atoms with Crippen molar-refractivity contribution in [3.05, 3.63) is 17.5 Å². The SMILES string of the molecule is COCC(C)NCCSc1nc(C)cc(C)n1. The molecule has 1 aromatic heterocycles. The molecule has 17 heavy (non-hydrogen) atoms. The Hall–Kier alpha value is -0.650. The number of methoxy groups -OCH3 is 1. The van der Waals surface area contributed by atoms with Crippen molar-refractivity contribution >= 4 is 11.8 Å². The molecule has 1 aromatic rings. The van der Waals surface area contributed by atoms with Crippen LogP contribution in [0.2, 0.25) is 0 Å². The highest BCUT2D eigenvalue weighted by atomic mass is 32.2. The fourth-order valence-electron chi connectivity index (χ4n) is 1.51. The first kappa shape index (κ1) is 14.4. The van der Waals surface area contributed by atoms with Gasteiger partial charge in [-0.05, 0) is 26.8 Å². The number of nitrogens with zero attached hydrogens (tertiary/aromatic N) is 2. The summed E-state index contributed by atoms with van der Waals surface area (Å²) in [5.74, 6) is 0.969. The molecule has 1 unspecified atom stereocenters. The molecule has 96 valence electrons. The van der Waals surface area contributed by atoms with Crippen molar-refractivity contribution in [1.29, 1.82) is 0 Å². The number of aryl methyl sites for hydroxylation is 2. The van der Waals surface area contributed by atoms with Crippen molar-refractivity contribution in [1.82, 2.24) is 15.3 Å². The van der Waals surface area contributed by atoms with E-state index in [1.54, 1.807) is 18.9 Å². The van der Waals surface area contributed by atoms with E-state index in [0.29, 0.717) is 6.04 Å². The van der Waals surface area contributed by atoms with E-state index in [4.69, 9.17) is 4.74 Å². The standard InChI is InChI=1S/C12H21N3OS/c1-9-7-10(2)15-12(14-9)17-6-5-13-11(3)8-16-4/h7,11,13H,5-6,8H2,1-4H3. The van der Waals surface area contributed by atoms with Gasteiger partial charge >= 0.3 is 0 Å². The highest BCUT2D eigenvalue weighted by Crippen LogP contribution is 2.13. The van der Waals surface area contributed by atoms with E-state index < -0.39 is 0 Å². The molecular formula is C12H21N3OS. The normalized spacial score (nSPS) is 12.7. The van der Waals surface area contributed by atoms with Gasteiger partial charge in [0.15, 0.2) is 5.16 Å². The van der Waals surface area contributed by atoms with Crippen molar-refractivity contribution in [2.24, 2.45) is 0 Å². The number of thioether (sulfide) groups is 1. The molecule has 1 atom stereocenters. The molecule has 1 heterocycles. The summed E-state index contributed by atoms with van der Waals surface area (Å²) in [7, 11) is 1.72. The van der Waals surface area contributed by atoms with Crippen molar-refractivity contribution in [2.75, 3.05) is 26.0 Å². The zero-order valence-electron chi connectivity index (χ0n) is 11.0. The van der Waals surface area contributed by atoms with Gasteiger partial charge in [-0.2, -0.15) is 0 Å². The first-order chi connectivity index (χ1) is 8.11. The minimum atomic E-state index is 0.390. The van der Waals surface area contributed by atoms with Crippen molar-refractivity contribution in [3.8, 4) is 0 Å². The molecule has 0 amide bonds. The molecule has 0 aliphatic heterocycles. The average molecular weight is 255 g/mol. The van der Waals surface area contributed by atoms with Crippen LogP contribution in [0.3, 0.4) is 0 Å². The number of aromatic nitrogens is 2. The first-order valence-electron chi connectivity index (χ1n) is 5.79. The Labute approximate surface area is 108 Å². The van der Waals surface area contributed by atoms with E-state index in [9.17, 15) is 0 Å². The monoisotopic (exact) mass is 255 g/mol. The van der Waals surface area contributed by atoms with Crippen LogP contribution < -0.4 is 5.32 Å². The molecule has 0 aromatic carbocycles. The van der Waals surface area contributed by atoms with Gasteiger partial charge in [0.25, 0.3) is 0 Å². The maximum Gasteiger partial charge on any atom is 0.188 e. The first-order valence-corrected chi connectivity index (χ1v) is 6.77. The van der Waals surface area contributed by atoms with Crippen molar-refractivity contribution in [2.45, 2.75) is 32.0 Å².